The van der Waals surface area contributed by atoms with Crippen LogP contribution in [0, 0.1) is 24.2 Å². The molecule has 0 aliphatic carbocycles. The maximum atomic E-state index is 13.1. The van der Waals surface area contributed by atoms with Crippen LogP contribution in [0.1, 0.15) is 70.5 Å². The van der Waals surface area contributed by atoms with E-state index in [0.29, 0.717) is 17.7 Å². The van der Waals surface area contributed by atoms with E-state index >= 15 is 0 Å². The normalized spacial score (nSPS) is 30.2. The first kappa shape index (κ1) is 28.4. The summed E-state index contributed by atoms with van der Waals surface area (Å²) < 4.78 is 5.68. The number of aliphatic hydroxyl groups is 3. The molecule has 1 aromatic heterocycles. The average Bonchev–Trinajstić information content (AvgIpc) is 3.20. The lowest BCUT2D eigenvalue weighted by Gasteiger charge is -2.34. The molecule has 0 aromatic carbocycles. The molecule has 0 unspecified atom stereocenters. The average molecular weight is 494 g/mol. The van der Waals surface area contributed by atoms with E-state index in [1.807, 2.05) is 31.4 Å². The maximum Gasteiger partial charge on any atom is 0.309 e. The van der Waals surface area contributed by atoms with E-state index in [-0.39, 0.29) is 24.7 Å². The molecule has 0 spiro atoms. The van der Waals surface area contributed by atoms with Gasteiger partial charge in [-0.1, -0.05) is 39.8 Å². The predicted octanol–water partition coefficient (Wildman–Crippen LogP) is 3.85. The van der Waals surface area contributed by atoms with Crippen LogP contribution in [-0.4, -0.2) is 57.0 Å². The number of carbonyl (C=O) groups excluding carboxylic acids is 2. The van der Waals surface area contributed by atoms with Crippen molar-refractivity contribution in [3.8, 4) is 0 Å². The highest BCUT2D eigenvalue weighted by molar-refractivity contribution is 7.09. The molecule has 1 aromatic rings. The van der Waals surface area contributed by atoms with Crippen LogP contribution < -0.4 is 0 Å². The van der Waals surface area contributed by atoms with Gasteiger partial charge in [-0.25, -0.2) is 4.98 Å². The van der Waals surface area contributed by atoms with Crippen molar-refractivity contribution in [1.29, 1.82) is 0 Å². The van der Waals surface area contributed by atoms with Gasteiger partial charge in [-0.15, -0.1) is 11.3 Å². The molecule has 5 atom stereocenters. The quantitative estimate of drug-likeness (QED) is 0.432. The van der Waals surface area contributed by atoms with Crippen molar-refractivity contribution in [1.82, 2.24) is 4.98 Å². The molecule has 0 saturated carbocycles. The van der Waals surface area contributed by atoms with Crippen molar-refractivity contribution in [2.24, 2.45) is 17.3 Å². The minimum atomic E-state index is -1.27. The molecule has 0 amide bonds. The van der Waals surface area contributed by atoms with Gasteiger partial charge in [0.1, 0.15) is 11.9 Å². The zero-order valence-electron chi connectivity index (χ0n) is 20.9. The molecule has 2 rings (SSSR count). The van der Waals surface area contributed by atoms with Crippen LogP contribution >= 0.6 is 11.3 Å². The van der Waals surface area contributed by atoms with Gasteiger partial charge in [0.2, 0.25) is 0 Å². The Morgan fingerprint density at radius 1 is 1.26 bits per heavy atom. The number of rotatable bonds is 3. The Kier molecular flexibility index (Phi) is 10.6. The fourth-order valence-electron chi connectivity index (χ4n) is 4.24. The van der Waals surface area contributed by atoms with Crippen LogP contribution in [0.5, 0.6) is 0 Å². The molecule has 0 fully saturated rings. The van der Waals surface area contributed by atoms with E-state index in [0.717, 1.165) is 24.3 Å². The van der Waals surface area contributed by atoms with Gasteiger partial charge in [0.05, 0.1) is 41.4 Å². The first-order valence-electron chi connectivity index (χ1n) is 12.0. The fourth-order valence-corrected chi connectivity index (χ4v) is 4.81. The van der Waals surface area contributed by atoms with Crippen molar-refractivity contribution in [2.45, 2.75) is 85.0 Å². The predicted molar refractivity (Wildman–Crippen MR) is 133 cm³/mol. The summed E-state index contributed by atoms with van der Waals surface area (Å²) in [7, 11) is 0. The summed E-state index contributed by atoms with van der Waals surface area (Å²) in [6, 6.07) is 0. The lowest BCUT2D eigenvalue weighted by atomic mass is 9.73. The summed E-state index contributed by atoms with van der Waals surface area (Å²) in [6.07, 6.45) is 5.23. The van der Waals surface area contributed by atoms with Crippen LogP contribution in [0.3, 0.4) is 0 Å². The molecule has 0 saturated heterocycles. The minimum Gasteiger partial charge on any atom is -0.457 e. The number of aromatic nitrogens is 1. The number of ketones is 1. The van der Waals surface area contributed by atoms with E-state index in [4.69, 9.17) is 4.74 Å². The standard InChI is InChI=1S/C26H39NO6S/c1-16-10-8-6-7-9-11-21(19(14-28)12-20-15-34-18(3)27-20)33-23(30)13-22(29)26(4,5)25(32)17(2)24(16)31/h7,9,12,15-17,21-22,24,28-29,31H,6,8,10-11,13-14H2,1-5H3/t16-,17+,21-,22-,24-/m0/s1. The number of allylic oxidation sites excluding steroid dienone is 1. The summed E-state index contributed by atoms with van der Waals surface area (Å²) in [5.74, 6) is -1.69. The van der Waals surface area contributed by atoms with Gasteiger partial charge >= 0.3 is 5.97 Å². The van der Waals surface area contributed by atoms with E-state index in [1.54, 1.807) is 26.8 Å². The molecular formula is C26H39NO6S. The van der Waals surface area contributed by atoms with E-state index in [2.05, 4.69) is 4.98 Å². The Balaban J connectivity index is 2.32. The van der Waals surface area contributed by atoms with E-state index < -0.39 is 35.6 Å². The van der Waals surface area contributed by atoms with Crippen molar-refractivity contribution in [3.63, 3.8) is 0 Å². The Bertz CT molecular complexity index is 890. The molecule has 34 heavy (non-hydrogen) atoms. The topological polar surface area (TPSA) is 117 Å². The lowest BCUT2D eigenvalue weighted by molar-refractivity contribution is -0.154. The Morgan fingerprint density at radius 2 is 1.97 bits per heavy atom. The number of cyclic esters (lactones) is 1. The van der Waals surface area contributed by atoms with Gasteiger partial charge in [-0.2, -0.15) is 0 Å². The van der Waals surface area contributed by atoms with Crippen molar-refractivity contribution < 1.29 is 29.6 Å². The van der Waals surface area contributed by atoms with Crippen LogP contribution in [0.25, 0.3) is 6.08 Å². The Hall–Kier alpha value is -1.87. The summed E-state index contributed by atoms with van der Waals surface area (Å²) in [6.45, 7) is 8.37. The van der Waals surface area contributed by atoms with Gasteiger partial charge in [0.25, 0.3) is 0 Å². The smallest absolute Gasteiger partial charge is 0.309 e. The largest absolute Gasteiger partial charge is 0.457 e. The number of hydrogen-bond donors (Lipinski definition) is 3. The summed E-state index contributed by atoms with van der Waals surface area (Å²) in [5, 5.41) is 34.2. The maximum absolute atomic E-state index is 13.1. The number of nitrogens with zero attached hydrogens (tertiary/aromatic N) is 1. The van der Waals surface area contributed by atoms with Crippen LogP contribution in [0.4, 0.5) is 0 Å². The van der Waals surface area contributed by atoms with Gasteiger partial charge < -0.3 is 20.1 Å². The Morgan fingerprint density at radius 3 is 2.59 bits per heavy atom. The third-order valence-corrected chi connectivity index (χ3v) is 7.52. The molecule has 0 radical (unpaired) electrons. The second kappa shape index (κ2) is 12.7. The molecule has 1 aliphatic rings. The van der Waals surface area contributed by atoms with Crippen LogP contribution in [-0.2, 0) is 14.3 Å². The zero-order valence-corrected chi connectivity index (χ0v) is 21.7. The second-order valence-electron chi connectivity index (χ2n) is 9.85. The van der Waals surface area contributed by atoms with Crippen molar-refractivity contribution in [3.05, 3.63) is 33.8 Å². The van der Waals surface area contributed by atoms with Gasteiger partial charge in [-0.3, -0.25) is 9.59 Å². The van der Waals surface area contributed by atoms with Crippen molar-refractivity contribution in [2.75, 3.05) is 6.61 Å². The third kappa shape index (κ3) is 7.57. The molecule has 1 aliphatic heterocycles. The number of esters is 1. The number of aryl methyl sites for hydroxylation is 1. The van der Waals surface area contributed by atoms with Crippen LogP contribution in [0.2, 0.25) is 0 Å². The monoisotopic (exact) mass is 493 g/mol. The van der Waals surface area contributed by atoms with Crippen LogP contribution in [0.15, 0.2) is 23.1 Å². The first-order valence-corrected chi connectivity index (χ1v) is 12.8. The number of ether oxygens (including phenoxy) is 1. The number of aliphatic hydroxyl groups excluding tert-OH is 3. The molecule has 190 valence electrons. The minimum absolute atomic E-state index is 0.0728. The summed E-state index contributed by atoms with van der Waals surface area (Å²) >= 11 is 1.49. The molecule has 0 bridgehead atoms. The number of Topliss-reactive ketones (excluding diaryl/α,β-unsaturated/α-hetero) is 1. The van der Waals surface area contributed by atoms with E-state index in [9.17, 15) is 24.9 Å². The molecular weight excluding hydrogens is 454 g/mol. The molecule has 7 nitrogen and oxygen atoms in total. The van der Waals surface area contributed by atoms with Gasteiger partial charge in [-0.05, 0) is 43.8 Å². The number of thiazole rings is 1. The highest BCUT2D eigenvalue weighted by Gasteiger charge is 2.42. The number of carbonyl (C=O) groups is 2. The van der Waals surface area contributed by atoms with Crippen molar-refractivity contribution >= 4 is 29.2 Å². The third-order valence-electron chi connectivity index (χ3n) is 6.72. The fraction of sp³-hybridized carbons (Fsp3) is 0.654. The highest BCUT2D eigenvalue weighted by Crippen LogP contribution is 2.32. The zero-order chi connectivity index (χ0) is 25.5. The van der Waals surface area contributed by atoms with Gasteiger partial charge in [0, 0.05) is 17.7 Å². The second-order valence-corrected chi connectivity index (χ2v) is 10.9. The Labute approximate surface area is 206 Å². The lowest BCUT2D eigenvalue weighted by Crippen LogP contribution is -2.45. The first-order chi connectivity index (χ1) is 16.0. The van der Waals surface area contributed by atoms with Gasteiger partial charge in [0.15, 0.2) is 0 Å². The summed E-state index contributed by atoms with van der Waals surface area (Å²) in [4.78, 5) is 30.3. The summed E-state index contributed by atoms with van der Waals surface area (Å²) in [5.41, 5.74) is -0.0361. The number of hydrogen-bond acceptors (Lipinski definition) is 8. The highest BCUT2D eigenvalue weighted by atomic mass is 32.1. The molecule has 8 heteroatoms. The van der Waals surface area contributed by atoms with E-state index in [1.165, 1.54) is 11.3 Å². The molecule has 2 heterocycles. The SMILES string of the molecule is Cc1nc(C=C(CO)[C@@H]2CC=CCCC[C@H](C)[C@H](O)[C@@H](C)C(=O)C(C)(C)[C@@H](O)CC(=O)O2)cs1. The molecule has 3 N–H and O–H groups in total.